The smallest absolute Gasteiger partial charge is 0.0998 e. The van der Waals surface area contributed by atoms with Gasteiger partial charge in [0.1, 0.15) is 0 Å². The summed E-state index contributed by atoms with van der Waals surface area (Å²) in [6.07, 6.45) is 4.05. The zero-order valence-electron chi connectivity index (χ0n) is 31.3. The van der Waals surface area contributed by atoms with E-state index < -0.39 is 0 Å². The molecular weight excluding hydrogens is 595 g/mol. The van der Waals surface area contributed by atoms with Crippen LogP contribution < -0.4 is 0 Å². The fourth-order valence-electron chi connectivity index (χ4n) is 11.6. The second-order valence-corrected chi connectivity index (χ2v) is 18.2. The summed E-state index contributed by atoms with van der Waals surface area (Å²) in [5.74, 6) is 0.203. The Labute approximate surface area is 291 Å². The third-order valence-electron chi connectivity index (χ3n) is 12.6. The van der Waals surface area contributed by atoms with E-state index in [1.807, 2.05) is 0 Å². The van der Waals surface area contributed by atoms with Crippen molar-refractivity contribution >= 4 is 38.1 Å². The van der Waals surface area contributed by atoms with E-state index in [4.69, 9.17) is 0 Å². The molecule has 2 heterocycles. The minimum absolute atomic E-state index is 0.111. The molecule has 0 amide bonds. The van der Waals surface area contributed by atoms with Gasteiger partial charge in [-0.25, -0.2) is 0 Å². The van der Waals surface area contributed by atoms with Crippen molar-refractivity contribution in [2.75, 3.05) is 0 Å². The molecule has 2 aliphatic carbocycles. The molecule has 3 heteroatoms. The van der Waals surface area contributed by atoms with E-state index in [9.17, 15) is 10.5 Å². The molecule has 8 rings (SSSR count). The van der Waals surface area contributed by atoms with Gasteiger partial charge in [0.2, 0.25) is 0 Å². The second kappa shape index (κ2) is 9.88. The van der Waals surface area contributed by atoms with Gasteiger partial charge in [-0.05, 0) is 110 Å². The lowest BCUT2D eigenvalue weighted by Crippen LogP contribution is -2.18. The number of rotatable bonds is 4. The zero-order chi connectivity index (χ0) is 35.2. The third-order valence-corrected chi connectivity index (χ3v) is 12.6. The topological polar surface area (TPSA) is 52.0 Å². The van der Waals surface area contributed by atoms with E-state index in [2.05, 4.69) is 135 Å². The molecule has 0 spiro atoms. The minimum atomic E-state index is -0.130. The molecule has 0 bridgehead atoms. The first kappa shape index (κ1) is 31.9. The molecule has 1 atom stereocenters. The Morgan fingerprint density at radius 2 is 1.16 bits per heavy atom. The van der Waals surface area contributed by atoms with Crippen LogP contribution in [0.5, 0.6) is 0 Å². The lowest BCUT2D eigenvalue weighted by atomic mass is 9.78. The molecule has 0 N–H and O–H groups in total. The van der Waals surface area contributed by atoms with Crippen LogP contribution in [0, 0.1) is 29.6 Å². The van der Waals surface area contributed by atoms with Gasteiger partial charge in [-0.1, -0.05) is 106 Å². The van der Waals surface area contributed by atoms with E-state index in [0.717, 1.165) is 47.9 Å². The highest BCUT2D eigenvalue weighted by atomic mass is 14.9. The van der Waals surface area contributed by atoms with E-state index in [1.54, 1.807) is 0 Å². The van der Waals surface area contributed by atoms with Crippen molar-refractivity contribution in [3.63, 3.8) is 0 Å². The summed E-state index contributed by atoms with van der Waals surface area (Å²) in [4.78, 5) is 0. The normalized spacial score (nSPS) is 19.0. The Morgan fingerprint density at radius 3 is 1.67 bits per heavy atom. The van der Waals surface area contributed by atoms with Crippen LogP contribution in [-0.4, -0.2) is 4.40 Å². The molecule has 2 aromatic heterocycles. The van der Waals surface area contributed by atoms with Gasteiger partial charge in [0.15, 0.2) is 0 Å². The molecule has 248 valence electrons. The maximum atomic E-state index is 11.2. The molecule has 1 unspecified atom stereocenters. The van der Waals surface area contributed by atoms with Crippen LogP contribution in [0.25, 0.3) is 49.2 Å². The fraction of sp³-hybridized carbons (Fsp3) is 0.435. The largest absolute Gasteiger partial charge is 0.307 e. The molecule has 0 radical (unpaired) electrons. The molecule has 0 aliphatic heterocycles. The van der Waals surface area contributed by atoms with Crippen molar-refractivity contribution < 1.29 is 0 Å². The summed E-state index contributed by atoms with van der Waals surface area (Å²) in [6, 6.07) is 21.3. The molecule has 0 saturated carbocycles. The van der Waals surface area contributed by atoms with E-state index in [0.29, 0.717) is 0 Å². The highest BCUT2D eigenvalue weighted by Crippen LogP contribution is 2.60. The number of hydrogen-bond acceptors (Lipinski definition) is 2. The zero-order valence-corrected chi connectivity index (χ0v) is 31.3. The van der Waals surface area contributed by atoms with Gasteiger partial charge in [0.05, 0.1) is 39.8 Å². The van der Waals surface area contributed by atoms with Gasteiger partial charge in [-0.3, -0.25) is 0 Å². The van der Waals surface area contributed by atoms with Crippen molar-refractivity contribution in [3.8, 4) is 23.3 Å². The maximum Gasteiger partial charge on any atom is 0.0998 e. The highest BCUT2D eigenvalue weighted by molar-refractivity contribution is 6.27. The Balaban J connectivity index is 1.77. The van der Waals surface area contributed by atoms with Crippen molar-refractivity contribution in [2.45, 2.75) is 129 Å². The summed E-state index contributed by atoms with van der Waals surface area (Å²) in [7, 11) is 0. The first-order valence-electron chi connectivity index (χ1n) is 18.3. The van der Waals surface area contributed by atoms with E-state index in [-0.39, 0.29) is 27.6 Å². The van der Waals surface area contributed by atoms with Gasteiger partial charge in [0, 0.05) is 21.5 Å². The van der Waals surface area contributed by atoms with Crippen LogP contribution in [0.2, 0.25) is 0 Å². The van der Waals surface area contributed by atoms with Crippen LogP contribution in [-0.2, 0) is 21.7 Å². The number of nitriles is 2. The lowest BCUT2D eigenvalue weighted by molar-refractivity contribution is 0.403. The van der Waals surface area contributed by atoms with Crippen molar-refractivity contribution in [1.29, 1.82) is 10.5 Å². The third kappa shape index (κ3) is 3.94. The molecule has 2 aliphatic rings. The van der Waals surface area contributed by atoms with Crippen molar-refractivity contribution in [2.24, 2.45) is 0 Å². The monoisotopic (exact) mass is 643 g/mol. The Hall–Kier alpha value is -4.34. The average molecular weight is 644 g/mol. The van der Waals surface area contributed by atoms with Gasteiger partial charge in [-0.2, -0.15) is 10.5 Å². The molecule has 6 aromatic rings. The van der Waals surface area contributed by atoms with Crippen molar-refractivity contribution in [3.05, 3.63) is 87.0 Å². The fourth-order valence-corrected chi connectivity index (χ4v) is 11.6. The van der Waals surface area contributed by atoms with Crippen LogP contribution in [0.4, 0.5) is 0 Å². The SMILES string of the molecule is CCCC(C)c1c(C#N)c2c(c3c4cc(-c5ccccc5)cc5c6c7c(c(C#N)c(C)c6n(c13)c54)C(C)(C)CC7(C)C)C(C)(C)CC2(C)C. The summed E-state index contributed by atoms with van der Waals surface area (Å²) in [6.45, 7) is 25.6. The second-order valence-electron chi connectivity index (χ2n) is 18.2. The van der Waals surface area contributed by atoms with E-state index in [1.165, 1.54) is 71.5 Å². The number of hydrogen-bond donors (Lipinski definition) is 0. The summed E-state index contributed by atoms with van der Waals surface area (Å²) < 4.78 is 2.55. The standard InChI is InChI=1S/C46H49N3/c1-12-16-25(2)33-32(22-48)37-39(46(10,11)24-44(37,6)7)35-30-20-28(27-17-14-13-15-18-27)19-29-34-38-36(43(4,5)23-45(38,8)9)31(21-47)26(3)40(34)49(41(29)30)42(33)35/h13-15,17-20,25H,12,16,23-24H2,1-11H3. The van der Waals surface area contributed by atoms with Gasteiger partial charge in [0.25, 0.3) is 0 Å². The van der Waals surface area contributed by atoms with Crippen LogP contribution >= 0.6 is 0 Å². The van der Waals surface area contributed by atoms with E-state index >= 15 is 0 Å². The molecule has 4 aromatic carbocycles. The Morgan fingerprint density at radius 1 is 0.673 bits per heavy atom. The first-order valence-corrected chi connectivity index (χ1v) is 18.3. The predicted molar refractivity (Wildman–Crippen MR) is 205 cm³/mol. The van der Waals surface area contributed by atoms with Crippen molar-refractivity contribution in [1.82, 2.24) is 4.40 Å². The summed E-state index contributed by atoms with van der Waals surface area (Å²) in [5, 5.41) is 27.3. The quantitative estimate of drug-likeness (QED) is 0.192. The number of benzene rings is 4. The maximum absolute atomic E-state index is 11.2. The number of aromatic nitrogens is 1. The van der Waals surface area contributed by atoms with Crippen LogP contribution in [0.3, 0.4) is 0 Å². The highest BCUT2D eigenvalue weighted by Gasteiger charge is 2.49. The van der Waals surface area contributed by atoms with Crippen LogP contribution in [0.15, 0.2) is 42.5 Å². The Bertz CT molecular complexity index is 2480. The van der Waals surface area contributed by atoms with Gasteiger partial charge >= 0.3 is 0 Å². The summed E-state index contributed by atoms with van der Waals surface area (Å²) in [5.41, 5.74) is 14.7. The summed E-state index contributed by atoms with van der Waals surface area (Å²) >= 11 is 0. The molecule has 0 saturated heterocycles. The molecule has 3 nitrogen and oxygen atoms in total. The van der Waals surface area contributed by atoms with Gasteiger partial charge in [-0.15, -0.1) is 0 Å². The minimum Gasteiger partial charge on any atom is -0.307 e. The molecule has 49 heavy (non-hydrogen) atoms. The van der Waals surface area contributed by atoms with Gasteiger partial charge < -0.3 is 4.40 Å². The first-order chi connectivity index (χ1) is 23.0. The number of fused-ring (bicyclic) bond motifs is 10. The van der Waals surface area contributed by atoms with Crippen LogP contribution in [0.1, 0.15) is 145 Å². The predicted octanol–water partition coefficient (Wildman–Crippen LogP) is 12.4. The molecular formula is C46H49N3. The average Bonchev–Trinajstić information content (AvgIpc) is 3.66. The number of aryl methyl sites for hydroxylation is 1. The lowest BCUT2D eigenvalue weighted by Gasteiger charge is -2.26. The number of nitrogens with zero attached hydrogens (tertiary/aromatic N) is 3. The Kier molecular flexibility index (Phi) is 6.43. The molecule has 0 fully saturated rings.